The molecule has 0 amide bonds. The van der Waals surface area contributed by atoms with Gasteiger partial charge < -0.3 is 10.8 Å². The monoisotopic (exact) mass is 203 g/mol. The summed E-state index contributed by atoms with van der Waals surface area (Å²) in [6.45, 7) is -0.00509. The average molecular weight is 204 g/mol. The van der Waals surface area contributed by atoms with E-state index in [1.165, 1.54) is 18.2 Å². The molecule has 0 heterocycles. The first kappa shape index (κ1) is 10.4. The molecule has 0 bridgehead atoms. The van der Waals surface area contributed by atoms with Crippen molar-refractivity contribution in [3.8, 4) is 0 Å². The lowest BCUT2D eigenvalue weighted by Gasteiger charge is -2.11. The van der Waals surface area contributed by atoms with Gasteiger partial charge in [-0.3, -0.25) is 0 Å². The molecule has 1 rings (SSSR count). The van der Waals surface area contributed by atoms with Crippen LogP contribution in [0.4, 0.5) is 4.39 Å². The van der Waals surface area contributed by atoms with Gasteiger partial charge in [-0.25, -0.2) is 4.39 Å². The summed E-state index contributed by atoms with van der Waals surface area (Å²) in [5.74, 6) is -0.384. The van der Waals surface area contributed by atoms with Crippen LogP contribution in [0.3, 0.4) is 0 Å². The van der Waals surface area contributed by atoms with E-state index < -0.39 is 0 Å². The highest BCUT2D eigenvalue weighted by Crippen LogP contribution is 2.23. The van der Waals surface area contributed by atoms with Crippen LogP contribution in [0.15, 0.2) is 18.2 Å². The number of benzene rings is 1. The van der Waals surface area contributed by atoms with Crippen molar-refractivity contribution in [3.05, 3.63) is 34.6 Å². The SMILES string of the molecule is N[C@@H](CCO)c1ccc(F)cc1Cl. The maximum Gasteiger partial charge on any atom is 0.124 e. The van der Waals surface area contributed by atoms with E-state index in [9.17, 15) is 4.39 Å². The second kappa shape index (κ2) is 4.56. The first-order chi connectivity index (χ1) is 6.15. The van der Waals surface area contributed by atoms with Crippen molar-refractivity contribution in [3.63, 3.8) is 0 Å². The van der Waals surface area contributed by atoms with E-state index in [0.717, 1.165) is 0 Å². The predicted molar refractivity (Wildman–Crippen MR) is 50.0 cm³/mol. The van der Waals surface area contributed by atoms with E-state index in [4.69, 9.17) is 22.4 Å². The van der Waals surface area contributed by atoms with Crippen LogP contribution in [0.2, 0.25) is 5.02 Å². The van der Waals surface area contributed by atoms with Crippen molar-refractivity contribution in [1.29, 1.82) is 0 Å². The largest absolute Gasteiger partial charge is 0.396 e. The first-order valence-electron chi connectivity index (χ1n) is 3.96. The van der Waals surface area contributed by atoms with Gasteiger partial charge in [-0.05, 0) is 24.1 Å². The molecule has 72 valence electrons. The highest BCUT2D eigenvalue weighted by molar-refractivity contribution is 6.31. The fourth-order valence-electron chi connectivity index (χ4n) is 1.10. The lowest BCUT2D eigenvalue weighted by molar-refractivity contribution is 0.276. The van der Waals surface area contributed by atoms with Gasteiger partial charge in [-0.2, -0.15) is 0 Å². The number of nitrogens with two attached hydrogens (primary N) is 1. The van der Waals surface area contributed by atoms with Crippen molar-refractivity contribution < 1.29 is 9.50 Å². The Morgan fingerprint density at radius 2 is 2.23 bits per heavy atom. The van der Waals surface area contributed by atoms with Crippen LogP contribution in [0, 0.1) is 5.82 Å². The average Bonchev–Trinajstić information content (AvgIpc) is 2.04. The zero-order valence-corrected chi connectivity index (χ0v) is 7.76. The molecular weight excluding hydrogens is 193 g/mol. The standard InChI is InChI=1S/C9H11ClFNO/c10-8-5-6(11)1-2-7(8)9(12)3-4-13/h1-2,5,9,13H,3-4,12H2/t9-/m0/s1. The second-order valence-electron chi connectivity index (χ2n) is 2.78. The Morgan fingerprint density at radius 1 is 1.54 bits per heavy atom. The number of halogens is 2. The predicted octanol–water partition coefficient (Wildman–Crippen LogP) is 1.86. The Hall–Kier alpha value is -0.640. The van der Waals surface area contributed by atoms with Crippen LogP contribution in [0.25, 0.3) is 0 Å². The van der Waals surface area contributed by atoms with Crippen LogP contribution >= 0.6 is 11.6 Å². The Morgan fingerprint density at radius 3 is 2.77 bits per heavy atom. The van der Waals surface area contributed by atoms with Gasteiger partial charge in [0.2, 0.25) is 0 Å². The maximum atomic E-state index is 12.6. The first-order valence-corrected chi connectivity index (χ1v) is 4.34. The Labute approximate surface area is 81.1 Å². The van der Waals surface area contributed by atoms with Gasteiger partial charge in [0.25, 0.3) is 0 Å². The minimum absolute atomic E-state index is 0.00509. The molecule has 3 N–H and O–H groups in total. The number of aliphatic hydroxyl groups is 1. The third kappa shape index (κ3) is 2.66. The van der Waals surface area contributed by atoms with Gasteiger partial charge in [0.15, 0.2) is 0 Å². The lowest BCUT2D eigenvalue weighted by Crippen LogP contribution is -2.12. The van der Waals surface area contributed by atoms with E-state index >= 15 is 0 Å². The number of hydrogen-bond donors (Lipinski definition) is 2. The molecule has 0 aliphatic heterocycles. The number of hydrogen-bond acceptors (Lipinski definition) is 2. The molecule has 0 aliphatic rings. The maximum absolute atomic E-state index is 12.6. The summed E-state index contributed by atoms with van der Waals surface area (Å²) in [7, 11) is 0. The minimum atomic E-state index is -0.384. The normalized spacial score (nSPS) is 12.9. The van der Waals surface area contributed by atoms with Gasteiger partial charge in [-0.1, -0.05) is 17.7 Å². The summed E-state index contributed by atoms with van der Waals surface area (Å²) in [6.07, 6.45) is 0.422. The van der Waals surface area contributed by atoms with Gasteiger partial charge in [0, 0.05) is 17.7 Å². The number of rotatable bonds is 3. The molecule has 0 radical (unpaired) electrons. The quantitative estimate of drug-likeness (QED) is 0.788. The van der Waals surface area contributed by atoms with Crippen molar-refractivity contribution in [2.24, 2.45) is 5.73 Å². The molecule has 4 heteroatoms. The summed E-state index contributed by atoms with van der Waals surface area (Å²) in [5.41, 5.74) is 6.35. The Kier molecular flexibility index (Phi) is 3.66. The van der Waals surface area contributed by atoms with Gasteiger partial charge in [-0.15, -0.1) is 0 Å². The summed E-state index contributed by atoms with van der Waals surface area (Å²) in [4.78, 5) is 0. The van der Waals surface area contributed by atoms with Crippen molar-refractivity contribution in [2.75, 3.05) is 6.61 Å². The van der Waals surface area contributed by atoms with Crippen LogP contribution in [-0.2, 0) is 0 Å². The van der Waals surface area contributed by atoms with E-state index in [1.807, 2.05) is 0 Å². The van der Waals surface area contributed by atoms with Gasteiger partial charge in [0.05, 0.1) is 0 Å². The van der Waals surface area contributed by atoms with Crippen LogP contribution in [-0.4, -0.2) is 11.7 Å². The zero-order chi connectivity index (χ0) is 9.84. The van der Waals surface area contributed by atoms with E-state index in [1.54, 1.807) is 0 Å². The number of aliphatic hydroxyl groups excluding tert-OH is 1. The lowest BCUT2D eigenvalue weighted by atomic mass is 10.1. The Bertz CT molecular complexity index is 293. The molecule has 0 unspecified atom stereocenters. The van der Waals surface area contributed by atoms with E-state index in [0.29, 0.717) is 17.0 Å². The van der Waals surface area contributed by atoms with Crippen molar-refractivity contribution in [1.82, 2.24) is 0 Å². The summed E-state index contributed by atoms with van der Waals surface area (Å²) in [6, 6.07) is 3.72. The summed E-state index contributed by atoms with van der Waals surface area (Å²) >= 11 is 5.76. The molecule has 2 nitrogen and oxygen atoms in total. The highest BCUT2D eigenvalue weighted by Gasteiger charge is 2.09. The van der Waals surface area contributed by atoms with Crippen molar-refractivity contribution >= 4 is 11.6 Å². The molecule has 0 saturated heterocycles. The summed E-state index contributed by atoms with van der Waals surface area (Å²) < 4.78 is 12.6. The molecule has 0 aliphatic carbocycles. The topological polar surface area (TPSA) is 46.2 Å². The van der Waals surface area contributed by atoms with Gasteiger partial charge >= 0.3 is 0 Å². The van der Waals surface area contributed by atoms with E-state index in [-0.39, 0.29) is 18.5 Å². The fraction of sp³-hybridized carbons (Fsp3) is 0.333. The highest BCUT2D eigenvalue weighted by atomic mass is 35.5. The van der Waals surface area contributed by atoms with Crippen LogP contribution in [0.5, 0.6) is 0 Å². The smallest absolute Gasteiger partial charge is 0.124 e. The molecule has 1 aromatic carbocycles. The molecule has 0 fully saturated rings. The summed E-state index contributed by atoms with van der Waals surface area (Å²) in [5, 5.41) is 8.95. The van der Waals surface area contributed by atoms with Gasteiger partial charge in [0.1, 0.15) is 5.82 Å². The molecule has 1 aromatic rings. The van der Waals surface area contributed by atoms with Crippen molar-refractivity contribution in [2.45, 2.75) is 12.5 Å². The van der Waals surface area contributed by atoms with Crippen LogP contribution in [0.1, 0.15) is 18.0 Å². The minimum Gasteiger partial charge on any atom is -0.396 e. The van der Waals surface area contributed by atoms with Crippen LogP contribution < -0.4 is 5.73 Å². The third-order valence-electron chi connectivity index (χ3n) is 1.80. The fourth-order valence-corrected chi connectivity index (χ4v) is 1.40. The second-order valence-corrected chi connectivity index (χ2v) is 3.19. The molecular formula is C9H11ClFNO. The molecule has 13 heavy (non-hydrogen) atoms. The Balaban J connectivity index is 2.88. The van der Waals surface area contributed by atoms with E-state index in [2.05, 4.69) is 0 Å². The zero-order valence-electron chi connectivity index (χ0n) is 7.00. The molecule has 0 spiro atoms. The molecule has 0 aromatic heterocycles. The third-order valence-corrected chi connectivity index (χ3v) is 2.13. The molecule has 1 atom stereocenters. The molecule has 0 saturated carbocycles.